The molecule has 0 amide bonds. The number of ether oxygens (including phenoxy) is 3. The summed E-state index contributed by atoms with van der Waals surface area (Å²) in [5.41, 5.74) is 3.03. The average molecular weight is 454 g/mol. The van der Waals surface area contributed by atoms with Crippen molar-refractivity contribution in [1.29, 1.82) is 0 Å². The van der Waals surface area contributed by atoms with Crippen molar-refractivity contribution in [2.75, 3.05) is 46.3 Å². The first-order valence-corrected chi connectivity index (χ1v) is 11.5. The Morgan fingerprint density at radius 3 is 1.38 bits per heavy atom. The second kappa shape index (κ2) is 13.4. The van der Waals surface area contributed by atoms with E-state index in [-0.39, 0.29) is 11.9 Å². The molecule has 0 heterocycles. The molecule has 1 atom stereocenters. The predicted octanol–water partition coefficient (Wildman–Crippen LogP) is 5.34. The first kappa shape index (κ1) is 24.5. The van der Waals surface area contributed by atoms with Gasteiger partial charge in [0.15, 0.2) is 0 Å². The highest BCUT2D eigenvalue weighted by Gasteiger charge is 2.42. The van der Waals surface area contributed by atoms with Gasteiger partial charge in [0.25, 0.3) is 0 Å². The van der Waals surface area contributed by atoms with Crippen molar-refractivity contribution >= 4 is 12.6 Å². The third-order valence-electron chi connectivity index (χ3n) is 5.43. The van der Waals surface area contributed by atoms with Gasteiger partial charge in [-0.15, -0.1) is 0 Å². The van der Waals surface area contributed by atoms with Crippen molar-refractivity contribution in [2.24, 2.45) is 0 Å². The molecule has 0 N–H and O–H groups in total. The van der Waals surface area contributed by atoms with Crippen LogP contribution in [0.15, 0.2) is 91.0 Å². The third kappa shape index (κ3) is 6.20. The molecule has 170 valence electrons. The largest absolute Gasteiger partial charge is 0.378 e. The molecule has 32 heavy (non-hydrogen) atoms. The number of rotatable bonds is 14. The zero-order valence-corrected chi connectivity index (χ0v) is 19.1. The molecular weight excluding hydrogens is 422 g/mol. The van der Waals surface area contributed by atoms with Crippen LogP contribution in [0.3, 0.4) is 0 Å². The molecule has 0 saturated heterocycles. The Balaban J connectivity index is 1.77. The van der Waals surface area contributed by atoms with E-state index in [2.05, 4.69) is 72.8 Å². The highest BCUT2D eigenvalue weighted by Crippen LogP contribution is 2.44. The predicted molar refractivity (Wildman–Crippen MR) is 130 cm³/mol. The SMILES string of the molecule is [18F]CCOCCOCCOCC(S)C(c1ccccc1)(c1ccccc1)c1ccccc1. The molecule has 0 radical (unpaired) electrons. The van der Waals surface area contributed by atoms with Crippen LogP contribution in [0.2, 0.25) is 0 Å². The highest BCUT2D eigenvalue weighted by molar-refractivity contribution is 7.81. The Bertz CT molecular complexity index is 781. The van der Waals surface area contributed by atoms with Gasteiger partial charge in [-0.1, -0.05) is 91.0 Å². The number of hydrogen-bond acceptors (Lipinski definition) is 4. The van der Waals surface area contributed by atoms with Gasteiger partial charge >= 0.3 is 0 Å². The van der Waals surface area contributed by atoms with Crippen molar-refractivity contribution in [3.63, 3.8) is 0 Å². The number of benzene rings is 3. The summed E-state index contributed by atoms with van der Waals surface area (Å²) < 4.78 is 28.6. The van der Waals surface area contributed by atoms with Crippen LogP contribution in [0.25, 0.3) is 0 Å². The van der Waals surface area contributed by atoms with Gasteiger partial charge in [0.05, 0.1) is 45.1 Å². The van der Waals surface area contributed by atoms with Crippen molar-refractivity contribution in [1.82, 2.24) is 0 Å². The summed E-state index contributed by atoms with van der Waals surface area (Å²) in [6.45, 7) is 1.81. The van der Waals surface area contributed by atoms with Crippen LogP contribution in [0, 0.1) is 0 Å². The standard InChI is InChI=1S/C27H31FO3S/c28-16-17-29-18-19-30-20-21-31-22-26(32)27(23-10-4-1-5-11-23,24-12-6-2-7-13-24)25-14-8-3-9-15-25/h1-15,26,32H,16-22H2/i28-1. The summed E-state index contributed by atoms with van der Waals surface area (Å²) in [5, 5.41) is -0.136. The fourth-order valence-corrected chi connectivity index (χ4v) is 4.55. The topological polar surface area (TPSA) is 27.7 Å². The summed E-state index contributed by atoms with van der Waals surface area (Å²) >= 11 is 5.11. The van der Waals surface area contributed by atoms with Crippen LogP contribution in [-0.4, -0.2) is 51.6 Å². The van der Waals surface area contributed by atoms with Crippen LogP contribution >= 0.6 is 12.6 Å². The zero-order chi connectivity index (χ0) is 22.5. The fourth-order valence-electron chi connectivity index (χ4n) is 3.99. The quantitative estimate of drug-likeness (QED) is 0.203. The maximum atomic E-state index is 12.0. The third-order valence-corrected chi connectivity index (χ3v) is 5.96. The van der Waals surface area contributed by atoms with Gasteiger partial charge in [0.1, 0.15) is 6.67 Å². The van der Waals surface area contributed by atoms with Gasteiger partial charge in [-0.2, -0.15) is 12.6 Å². The smallest absolute Gasteiger partial charge is 0.113 e. The molecule has 3 aromatic carbocycles. The van der Waals surface area contributed by atoms with Gasteiger partial charge < -0.3 is 14.2 Å². The summed E-state index contributed by atoms with van der Waals surface area (Å²) in [6, 6.07) is 31.4. The van der Waals surface area contributed by atoms with E-state index < -0.39 is 12.1 Å². The van der Waals surface area contributed by atoms with Crippen LogP contribution in [0.1, 0.15) is 16.7 Å². The molecule has 0 aliphatic rings. The first-order valence-electron chi connectivity index (χ1n) is 10.9. The van der Waals surface area contributed by atoms with Gasteiger partial charge in [0.2, 0.25) is 0 Å². The Labute approximate surface area is 195 Å². The number of thiol groups is 1. The van der Waals surface area contributed by atoms with Crippen molar-refractivity contribution in [2.45, 2.75) is 10.7 Å². The lowest BCUT2D eigenvalue weighted by atomic mass is 9.67. The van der Waals surface area contributed by atoms with Crippen molar-refractivity contribution in [3.8, 4) is 0 Å². The molecule has 0 saturated carbocycles. The van der Waals surface area contributed by atoms with E-state index >= 15 is 0 Å². The van der Waals surface area contributed by atoms with Gasteiger partial charge in [0, 0.05) is 5.25 Å². The zero-order valence-electron chi connectivity index (χ0n) is 18.2. The Hall–Kier alpha value is -2.18. The van der Waals surface area contributed by atoms with Crippen LogP contribution in [-0.2, 0) is 19.6 Å². The summed E-state index contributed by atoms with van der Waals surface area (Å²) in [5.74, 6) is 0. The van der Waals surface area contributed by atoms with Gasteiger partial charge in [-0.05, 0) is 16.7 Å². The van der Waals surface area contributed by atoms with Crippen LogP contribution in [0.5, 0.6) is 0 Å². The molecule has 0 spiro atoms. The number of hydrogen-bond donors (Lipinski definition) is 1. The molecule has 1 unspecified atom stereocenters. The molecule has 0 aliphatic carbocycles. The Morgan fingerprint density at radius 2 is 0.969 bits per heavy atom. The Kier molecular flexibility index (Phi) is 10.2. The number of halogens is 1. The minimum Gasteiger partial charge on any atom is -0.378 e. The Morgan fingerprint density at radius 1 is 0.594 bits per heavy atom. The summed E-state index contributed by atoms with van der Waals surface area (Å²) in [4.78, 5) is 0. The fraction of sp³-hybridized carbons (Fsp3) is 0.333. The second-order valence-electron chi connectivity index (χ2n) is 7.41. The van der Waals surface area contributed by atoms with Gasteiger partial charge in [-0.3, -0.25) is 0 Å². The minimum absolute atomic E-state index is 0.113. The molecule has 0 fully saturated rings. The van der Waals surface area contributed by atoms with E-state index in [9.17, 15) is 4.39 Å². The van der Waals surface area contributed by atoms with E-state index in [0.717, 1.165) is 0 Å². The normalized spacial score (nSPS) is 12.6. The van der Waals surface area contributed by atoms with E-state index in [0.29, 0.717) is 33.0 Å². The van der Waals surface area contributed by atoms with E-state index in [1.54, 1.807) is 0 Å². The maximum Gasteiger partial charge on any atom is 0.113 e. The summed E-state index contributed by atoms with van der Waals surface area (Å²) in [7, 11) is 0. The van der Waals surface area contributed by atoms with Gasteiger partial charge in [-0.25, -0.2) is 4.39 Å². The molecule has 3 rings (SSSR count). The molecule has 3 nitrogen and oxygen atoms in total. The maximum absolute atomic E-state index is 12.0. The lowest BCUT2D eigenvalue weighted by Gasteiger charge is -2.40. The van der Waals surface area contributed by atoms with Crippen LogP contribution < -0.4 is 0 Å². The van der Waals surface area contributed by atoms with Crippen molar-refractivity contribution < 1.29 is 18.6 Å². The highest BCUT2D eigenvalue weighted by atomic mass is 32.1. The monoisotopic (exact) mass is 453 g/mol. The molecule has 3 aromatic rings. The minimum atomic E-state index is -0.478. The molecular formula is C27H31FO3S. The molecule has 0 aromatic heterocycles. The van der Waals surface area contributed by atoms with E-state index in [4.69, 9.17) is 26.8 Å². The lowest BCUT2D eigenvalue weighted by molar-refractivity contribution is 0.0115. The van der Waals surface area contributed by atoms with Crippen molar-refractivity contribution in [3.05, 3.63) is 108 Å². The van der Waals surface area contributed by atoms with Crippen LogP contribution in [0.4, 0.5) is 4.39 Å². The molecule has 5 heteroatoms. The second-order valence-corrected chi connectivity index (χ2v) is 8.03. The average Bonchev–Trinajstić information content (AvgIpc) is 2.85. The lowest BCUT2D eigenvalue weighted by Crippen LogP contribution is -2.41. The van der Waals surface area contributed by atoms with E-state index in [1.807, 2.05) is 18.2 Å². The molecule has 0 aliphatic heterocycles. The first-order chi connectivity index (χ1) is 15.8. The number of alkyl halides is 1. The molecule has 0 bridgehead atoms. The van der Waals surface area contributed by atoms with E-state index in [1.165, 1.54) is 16.7 Å². The summed E-state index contributed by atoms with van der Waals surface area (Å²) in [6.07, 6.45) is 0.